The molecule has 1 aromatic heterocycles. The molecule has 1 aromatic carbocycles. The second kappa shape index (κ2) is 6.07. The van der Waals surface area contributed by atoms with Crippen molar-refractivity contribution >= 4 is 5.82 Å². The topological polar surface area (TPSA) is 79.4 Å². The van der Waals surface area contributed by atoms with Crippen LogP contribution in [-0.4, -0.2) is 22.3 Å². The van der Waals surface area contributed by atoms with Gasteiger partial charge in [-0.15, -0.1) is 0 Å². The van der Waals surface area contributed by atoms with E-state index in [-0.39, 0.29) is 24.3 Å². The maximum atomic E-state index is 11.7. The van der Waals surface area contributed by atoms with Crippen LogP contribution >= 0.6 is 0 Å². The maximum Gasteiger partial charge on any atom is 0.351 e. The fourth-order valence-electron chi connectivity index (χ4n) is 2.34. The summed E-state index contributed by atoms with van der Waals surface area (Å²) in [7, 11) is 0. The van der Waals surface area contributed by atoms with Crippen molar-refractivity contribution in [3.05, 3.63) is 58.1 Å². The number of anilines is 1. The van der Waals surface area contributed by atoms with Gasteiger partial charge in [-0.2, -0.15) is 4.98 Å². The molecule has 0 amide bonds. The molecule has 0 spiro atoms. The second-order valence-electron chi connectivity index (χ2n) is 5.01. The fraction of sp³-hybridized carbons (Fsp3) is 0.333. The van der Waals surface area contributed by atoms with Crippen molar-refractivity contribution in [3.63, 3.8) is 0 Å². The molecule has 1 aliphatic rings. The van der Waals surface area contributed by atoms with E-state index in [1.807, 2.05) is 30.3 Å². The molecule has 2 aromatic rings. The smallest absolute Gasteiger partial charge is 0.351 e. The molecule has 1 atom stereocenters. The molecule has 21 heavy (non-hydrogen) atoms. The normalized spacial score (nSPS) is 17.4. The molecule has 110 valence electrons. The van der Waals surface area contributed by atoms with Gasteiger partial charge in [0.05, 0.1) is 19.3 Å². The molecule has 0 saturated heterocycles. The van der Waals surface area contributed by atoms with E-state index in [2.05, 4.69) is 4.98 Å². The molecule has 0 saturated carbocycles. The van der Waals surface area contributed by atoms with E-state index in [0.29, 0.717) is 19.6 Å². The molecular formula is C15H17N3O3. The lowest BCUT2D eigenvalue weighted by atomic mass is 10.1. The van der Waals surface area contributed by atoms with Crippen LogP contribution in [0.25, 0.3) is 0 Å². The molecule has 0 bridgehead atoms. The van der Waals surface area contributed by atoms with E-state index in [9.17, 15) is 4.79 Å². The highest BCUT2D eigenvalue weighted by Gasteiger charge is 2.20. The number of aromatic nitrogens is 2. The van der Waals surface area contributed by atoms with Gasteiger partial charge in [0.1, 0.15) is 12.5 Å². The Morgan fingerprint density at radius 2 is 2.19 bits per heavy atom. The first-order chi connectivity index (χ1) is 10.2. The molecule has 3 rings (SSSR count). The average molecular weight is 287 g/mol. The Kier molecular flexibility index (Phi) is 3.98. The summed E-state index contributed by atoms with van der Waals surface area (Å²) in [4.78, 5) is 15.3. The number of nitrogens with zero attached hydrogens (tertiary/aromatic N) is 2. The van der Waals surface area contributed by atoms with Gasteiger partial charge in [0, 0.05) is 18.2 Å². The minimum Gasteiger partial charge on any atom is -0.383 e. The van der Waals surface area contributed by atoms with Gasteiger partial charge in [0.25, 0.3) is 0 Å². The number of nitrogen functional groups attached to an aromatic ring is 1. The number of hydrogen-bond acceptors (Lipinski definition) is 5. The van der Waals surface area contributed by atoms with Gasteiger partial charge >= 0.3 is 5.69 Å². The molecule has 1 unspecified atom stereocenters. The average Bonchev–Trinajstić information content (AvgIpc) is 2.48. The number of rotatable bonds is 4. The van der Waals surface area contributed by atoms with Crippen LogP contribution in [0.1, 0.15) is 11.3 Å². The number of hydrogen-bond donors (Lipinski definition) is 1. The van der Waals surface area contributed by atoms with Gasteiger partial charge in [0.15, 0.2) is 0 Å². The highest BCUT2D eigenvalue weighted by molar-refractivity contribution is 5.29. The van der Waals surface area contributed by atoms with E-state index >= 15 is 0 Å². The van der Waals surface area contributed by atoms with Crippen LogP contribution in [0.15, 0.2) is 41.2 Å². The van der Waals surface area contributed by atoms with Crippen LogP contribution in [0.4, 0.5) is 5.82 Å². The van der Waals surface area contributed by atoms with Crippen LogP contribution < -0.4 is 11.4 Å². The van der Waals surface area contributed by atoms with Crippen LogP contribution in [0.2, 0.25) is 0 Å². The van der Waals surface area contributed by atoms with Crippen molar-refractivity contribution in [2.24, 2.45) is 0 Å². The minimum atomic E-state index is -0.367. The van der Waals surface area contributed by atoms with Crippen molar-refractivity contribution < 1.29 is 9.47 Å². The second-order valence-corrected chi connectivity index (χ2v) is 5.01. The molecule has 2 N–H and O–H groups in total. The maximum absolute atomic E-state index is 11.7. The van der Waals surface area contributed by atoms with Crippen LogP contribution in [0.5, 0.6) is 0 Å². The monoisotopic (exact) mass is 287 g/mol. The first-order valence-corrected chi connectivity index (χ1v) is 6.82. The molecule has 6 heteroatoms. The summed E-state index contributed by atoms with van der Waals surface area (Å²) in [6.45, 7) is 1.22. The summed E-state index contributed by atoms with van der Waals surface area (Å²) in [6, 6.07) is 11.7. The fourth-order valence-corrected chi connectivity index (χ4v) is 2.34. The molecular weight excluding hydrogens is 270 g/mol. The third kappa shape index (κ3) is 3.29. The third-order valence-electron chi connectivity index (χ3n) is 3.41. The largest absolute Gasteiger partial charge is 0.383 e. The SMILES string of the molecule is Nc1cc2n(c(=O)n1)COC(COCc1ccccc1)C2. The number of benzene rings is 1. The Bertz CT molecular complexity index is 670. The van der Waals surface area contributed by atoms with Crippen molar-refractivity contribution in [2.75, 3.05) is 12.3 Å². The zero-order chi connectivity index (χ0) is 14.7. The number of nitrogens with two attached hydrogens (primary N) is 1. The van der Waals surface area contributed by atoms with Crippen LogP contribution in [0.3, 0.4) is 0 Å². The van der Waals surface area contributed by atoms with E-state index in [1.54, 1.807) is 6.07 Å². The quantitative estimate of drug-likeness (QED) is 0.905. The predicted molar refractivity (Wildman–Crippen MR) is 77.6 cm³/mol. The standard InChI is InChI=1S/C15H17N3O3/c16-14-7-12-6-13(21-10-18(12)15(19)17-14)9-20-8-11-4-2-1-3-5-11/h1-5,7,13H,6,8-10H2,(H2,16,17,19). The lowest BCUT2D eigenvalue weighted by molar-refractivity contribution is -0.0652. The van der Waals surface area contributed by atoms with Gasteiger partial charge in [-0.05, 0) is 5.56 Å². The summed E-state index contributed by atoms with van der Waals surface area (Å²) in [5.41, 5.74) is 7.20. The van der Waals surface area contributed by atoms with Crippen LogP contribution in [0, 0.1) is 0 Å². The minimum absolute atomic E-state index is 0.0742. The molecule has 0 radical (unpaired) electrons. The van der Waals surface area contributed by atoms with Crippen molar-refractivity contribution in [1.29, 1.82) is 0 Å². The Hall–Kier alpha value is -2.18. The summed E-state index contributed by atoms with van der Waals surface area (Å²) >= 11 is 0. The van der Waals surface area contributed by atoms with E-state index in [1.165, 1.54) is 4.57 Å². The lowest BCUT2D eigenvalue weighted by Crippen LogP contribution is -2.37. The van der Waals surface area contributed by atoms with Gasteiger partial charge in [-0.3, -0.25) is 4.57 Å². The number of fused-ring (bicyclic) bond motifs is 1. The van der Waals surface area contributed by atoms with E-state index < -0.39 is 0 Å². The Morgan fingerprint density at radius 3 is 3.00 bits per heavy atom. The Balaban J connectivity index is 1.58. The van der Waals surface area contributed by atoms with Crippen LogP contribution in [-0.2, 0) is 29.2 Å². The van der Waals surface area contributed by atoms with Gasteiger partial charge < -0.3 is 15.2 Å². The number of ether oxygens (including phenoxy) is 2. The highest BCUT2D eigenvalue weighted by Crippen LogP contribution is 2.14. The van der Waals surface area contributed by atoms with Gasteiger partial charge in [-0.25, -0.2) is 4.79 Å². The highest BCUT2D eigenvalue weighted by atomic mass is 16.5. The van der Waals surface area contributed by atoms with Crippen molar-refractivity contribution in [2.45, 2.75) is 25.9 Å². The molecule has 6 nitrogen and oxygen atoms in total. The predicted octanol–water partition coefficient (Wildman–Crippen LogP) is 0.941. The lowest BCUT2D eigenvalue weighted by Gasteiger charge is -2.26. The molecule has 2 heterocycles. The summed E-state index contributed by atoms with van der Waals surface area (Å²) < 4.78 is 12.8. The van der Waals surface area contributed by atoms with E-state index in [4.69, 9.17) is 15.2 Å². The van der Waals surface area contributed by atoms with Crippen molar-refractivity contribution in [3.8, 4) is 0 Å². The molecule has 0 aliphatic carbocycles. The first-order valence-electron chi connectivity index (χ1n) is 6.82. The summed E-state index contributed by atoms with van der Waals surface area (Å²) in [6.07, 6.45) is 0.520. The first kappa shape index (κ1) is 13.8. The van der Waals surface area contributed by atoms with Crippen molar-refractivity contribution in [1.82, 2.24) is 9.55 Å². The third-order valence-corrected chi connectivity index (χ3v) is 3.41. The Labute approximate surface area is 122 Å². The Morgan fingerprint density at radius 1 is 1.38 bits per heavy atom. The van der Waals surface area contributed by atoms with E-state index in [0.717, 1.165) is 11.3 Å². The summed E-state index contributed by atoms with van der Waals surface area (Å²) in [5, 5.41) is 0. The molecule has 1 aliphatic heterocycles. The zero-order valence-corrected chi connectivity index (χ0v) is 11.6. The zero-order valence-electron chi connectivity index (χ0n) is 11.6. The van der Waals surface area contributed by atoms with Gasteiger partial charge in [0.2, 0.25) is 0 Å². The van der Waals surface area contributed by atoms with Gasteiger partial charge in [-0.1, -0.05) is 30.3 Å². The molecule has 0 fully saturated rings. The summed E-state index contributed by atoms with van der Waals surface area (Å²) in [5.74, 6) is 0.247.